The average molecular weight is 1370 g/mol. The Morgan fingerprint density at radius 3 is 0.865 bits per heavy atom. The summed E-state index contributed by atoms with van der Waals surface area (Å²) in [4.78, 5) is 6.17. The van der Waals surface area contributed by atoms with Gasteiger partial charge in [0.1, 0.15) is 17.2 Å². The molecule has 0 aliphatic heterocycles. The van der Waals surface area contributed by atoms with Crippen molar-refractivity contribution in [3.05, 3.63) is 205 Å². The molecule has 3 N–H and O–H groups in total. The van der Waals surface area contributed by atoms with E-state index in [0.717, 1.165) is 62.5 Å². The third kappa shape index (κ3) is 25.1. The van der Waals surface area contributed by atoms with Crippen LogP contribution < -0.4 is 30.3 Å². The zero-order valence-corrected chi connectivity index (χ0v) is 69.4. The van der Waals surface area contributed by atoms with Crippen molar-refractivity contribution in [1.29, 1.82) is 0 Å². The standard InChI is InChI=1S/C17H28OSi.C16H28OSi2.C13H20OSi.3C9H12N.3CH3.3Sc/c1-11-12(2)14(4)17(13(11)3)19(5,6)16-10-8-7-9-15(16)18;1-18(2,3)13-10-11-14(12-13)19(4,5)16-9-7-6-8-15(16)17;1-15(2,11-7-3-4-8-11)13-10-6-5-9-12(13)14;3*1-8-6-4-5-7-9(8)10(2)3;;;;;;/h7-14,17-18H,1-6H3;6-9,13-14,17H,10-12H2,1-5H3;5-6,9-11,14H,3-4,7-8H2,1-2H3;3*4-7H,1H2,2-3H3;3*1H3;;;/q;;;6*-1;;;. The van der Waals surface area contributed by atoms with Crippen molar-refractivity contribution < 1.29 is 92.8 Å². The molecular weight excluding hydrogens is 1250 g/mol. The van der Waals surface area contributed by atoms with Gasteiger partial charge in [0, 0.05) is 85.6 Å². The fourth-order valence-electron chi connectivity index (χ4n) is 14.0. The van der Waals surface area contributed by atoms with Gasteiger partial charge in [0.05, 0.1) is 24.2 Å². The van der Waals surface area contributed by atoms with Gasteiger partial charge in [0.15, 0.2) is 0 Å². The molecule has 9 rings (SSSR count). The first-order chi connectivity index (χ1) is 38.8. The van der Waals surface area contributed by atoms with Crippen LogP contribution >= 0.6 is 0 Å². The number of phenolic OH excluding ortho intramolecular Hbond substituents is 3. The predicted octanol–water partition coefficient (Wildman–Crippen LogP) is 19.2. The first kappa shape index (κ1) is 90.4. The van der Waals surface area contributed by atoms with E-state index >= 15 is 0 Å². The van der Waals surface area contributed by atoms with Crippen LogP contribution in [0.25, 0.3) is 0 Å². The van der Waals surface area contributed by atoms with Gasteiger partial charge >= 0.3 is 0 Å². The summed E-state index contributed by atoms with van der Waals surface area (Å²) in [6, 6.07) is 48.2. The summed E-state index contributed by atoms with van der Waals surface area (Å²) in [6.07, 6.45) is 9.71. The van der Waals surface area contributed by atoms with Crippen LogP contribution in [0.3, 0.4) is 0 Å². The van der Waals surface area contributed by atoms with Gasteiger partial charge in [-0.05, 0) is 122 Å². The Morgan fingerprint density at radius 2 is 0.607 bits per heavy atom. The summed E-state index contributed by atoms with van der Waals surface area (Å²) < 4.78 is 0. The van der Waals surface area contributed by atoms with Crippen LogP contribution in [0.4, 0.5) is 17.1 Å². The molecule has 3 fully saturated rings. The van der Waals surface area contributed by atoms with E-state index < -0.39 is 32.3 Å². The quantitative estimate of drug-likeness (QED) is 0.0938. The van der Waals surface area contributed by atoms with Crippen LogP contribution in [0.5, 0.6) is 17.2 Å². The molecule has 0 aromatic heterocycles. The van der Waals surface area contributed by atoms with E-state index in [9.17, 15) is 15.3 Å². The van der Waals surface area contributed by atoms with Gasteiger partial charge in [-0.1, -0.05) is 240 Å². The van der Waals surface area contributed by atoms with E-state index in [1.807, 2.05) is 133 Å². The predicted molar refractivity (Wildman–Crippen MR) is 398 cm³/mol. The number of rotatable bonds is 10. The molecule has 3 aliphatic carbocycles. The van der Waals surface area contributed by atoms with Crippen LogP contribution in [-0.4, -0.2) is 89.9 Å². The molecule has 3 saturated carbocycles. The molecule has 89 heavy (non-hydrogen) atoms. The van der Waals surface area contributed by atoms with E-state index in [0.29, 0.717) is 17.2 Å². The average Bonchev–Trinajstić information content (AvgIpc) is 2.64. The van der Waals surface area contributed by atoms with Gasteiger partial charge < -0.3 is 52.3 Å². The summed E-state index contributed by atoms with van der Waals surface area (Å²) in [6.45, 7) is 43.4. The SMILES string of the molecule is CC1C(C)C(C)C([Si](C)(C)c2ccccc2O)C1C.C[Si](C)(C)C1CCC([Si](C)(C)c2ccccc2O)C1.C[Si](C)(c1ccccc1O)C1CCCC1.[CH2-]c1ccccc1N(C)C.[CH2-]c1ccccc1N(C)C.[CH2-]c1ccccc1N(C)C.[CH3-].[CH3-].[CH3-].[Sc].[Sc].[Sc]. The minimum Gasteiger partial charge on any atom is -0.508 e. The Hall–Kier alpha value is -2.79. The number of phenols is 3. The molecule has 489 valence electrons. The second-order valence-electron chi connectivity index (χ2n) is 27.8. The maximum absolute atomic E-state index is 10.2. The van der Waals surface area contributed by atoms with E-state index in [2.05, 4.69) is 177 Å². The van der Waals surface area contributed by atoms with Gasteiger partial charge in [-0.3, -0.25) is 0 Å². The van der Waals surface area contributed by atoms with E-state index in [4.69, 9.17) is 0 Å². The van der Waals surface area contributed by atoms with Crippen molar-refractivity contribution in [2.45, 2.75) is 154 Å². The van der Waals surface area contributed by atoms with Gasteiger partial charge in [0.25, 0.3) is 0 Å². The van der Waals surface area contributed by atoms with Crippen LogP contribution in [0.1, 0.15) is 89.3 Å². The first-order valence-corrected chi connectivity index (χ1v) is 43.7. The summed E-state index contributed by atoms with van der Waals surface area (Å²) in [7, 11) is 6.48. The van der Waals surface area contributed by atoms with E-state index in [1.54, 1.807) is 0 Å². The molecule has 6 nitrogen and oxygen atoms in total. The molecular formula is C76H121N3O3Sc3Si4-6. The molecule has 0 saturated heterocycles. The molecule has 6 atom stereocenters. The maximum Gasteiger partial charge on any atom is 0.114 e. The maximum atomic E-state index is 10.2. The number of hydrogen-bond donors (Lipinski definition) is 3. The van der Waals surface area contributed by atoms with Gasteiger partial charge in [0.2, 0.25) is 0 Å². The Balaban J connectivity index is -0.00000100. The molecule has 6 unspecified atom stereocenters. The van der Waals surface area contributed by atoms with E-state index in [-0.39, 0.29) is 99.8 Å². The molecule has 13 heteroatoms. The molecule has 6 aromatic rings. The zero-order chi connectivity index (χ0) is 62.2. The zero-order valence-electron chi connectivity index (χ0n) is 60.0. The molecule has 0 amide bonds. The van der Waals surface area contributed by atoms with Crippen LogP contribution in [0.2, 0.25) is 81.1 Å². The van der Waals surface area contributed by atoms with Crippen molar-refractivity contribution in [1.82, 2.24) is 0 Å². The summed E-state index contributed by atoms with van der Waals surface area (Å²) in [5, 5.41) is 34.1. The second-order valence-corrected chi connectivity index (χ2v) is 47.6. The number of anilines is 3. The Kier molecular flexibility index (Phi) is 41.8. The molecule has 6 aromatic carbocycles. The van der Waals surface area contributed by atoms with Crippen molar-refractivity contribution in [3.8, 4) is 17.2 Å². The van der Waals surface area contributed by atoms with Gasteiger partial charge in [-0.15, -0.1) is 18.2 Å². The minimum absolute atomic E-state index is 0. The van der Waals surface area contributed by atoms with Crippen molar-refractivity contribution in [2.75, 3.05) is 57.0 Å². The number of para-hydroxylation sites is 6. The van der Waals surface area contributed by atoms with Crippen molar-refractivity contribution in [2.24, 2.45) is 23.7 Å². The topological polar surface area (TPSA) is 70.4 Å². The molecule has 0 spiro atoms. The van der Waals surface area contributed by atoms with Crippen molar-refractivity contribution in [3.63, 3.8) is 0 Å². The Morgan fingerprint density at radius 1 is 0.348 bits per heavy atom. The van der Waals surface area contributed by atoms with Crippen LogP contribution in [-0.2, 0) is 77.5 Å². The molecule has 3 aliphatic rings. The third-order valence-corrected chi connectivity index (χ3v) is 36.0. The largest absolute Gasteiger partial charge is 0.508 e. The molecule has 3 radical (unpaired) electrons. The smallest absolute Gasteiger partial charge is 0.114 e. The van der Waals surface area contributed by atoms with Gasteiger partial charge in [-0.2, -0.15) is 55.7 Å². The fraction of sp³-hybridized carbons (Fsp3) is 0.447. The monoisotopic (exact) mass is 1370 g/mol. The van der Waals surface area contributed by atoms with Crippen molar-refractivity contribution >= 4 is 64.9 Å². The second kappa shape index (κ2) is 41.1. The Labute approximate surface area is 608 Å². The number of hydrogen-bond acceptors (Lipinski definition) is 6. The van der Waals surface area contributed by atoms with Crippen LogP contribution in [0.15, 0.2) is 146 Å². The van der Waals surface area contributed by atoms with Crippen LogP contribution in [0, 0.1) is 66.7 Å². The number of aromatic hydroxyl groups is 3. The Bertz CT molecular complexity index is 2780. The number of benzene rings is 6. The minimum atomic E-state index is -1.65. The summed E-state index contributed by atoms with van der Waals surface area (Å²) >= 11 is 0. The van der Waals surface area contributed by atoms with Gasteiger partial charge in [-0.25, -0.2) is 0 Å². The number of nitrogens with zero attached hydrogens (tertiary/aromatic N) is 3. The third-order valence-electron chi connectivity index (χ3n) is 19.7. The fourth-order valence-corrected chi connectivity index (χ4v) is 28.1. The molecule has 0 heterocycles. The normalized spacial score (nSPS) is 19.1. The molecule has 0 bridgehead atoms. The van der Waals surface area contributed by atoms with E-state index in [1.165, 1.54) is 77.6 Å². The summed E-state index contributed by atoms with van der Waals surface area (Å²) in [5.41, 5.74) is 10.2. The summed E-state index contributed by atoms with van der Waals surface area (Å²) in [5.74, 6) is 4.63. The first-order valence-electron chi connectivity index (χ1n) is 30.9.